The first kappa shape index (κ1) is 19.5. The first-order valence-electron chi connectivity index (χ1n) is 8.34. The molecule has 0 radical (unpaired) electrons. The van der Waals surface area contributed by atoms with E-state index in [1.807, 2.05) is 6.07 Å². The Bertz CT molecular complexity index is 955. The highest BCUT2D eigenvalue weighted by molar-refractivity contribution is 8.18. The highest BCUT2D eigenvalue weighted by Gasteiger charge is 2.34. The molecule has 1 aliphatic rings. The number of benzene rings is 2. The molecule has 1 saturated heterocycles. The summed E-state index contributed by atoms with van der Waals surface area (Å²) in [5.41, 5.74) is 0.647. The van der Waals surface area contributed by atoms with Crippen LogP contribution in [0.25, 0.3) is 6.08 Å². The van der Waals surface area contributed by atoms with Crippen LogP contribution in [-0.2, 0) is 4.79 Å². The van der Waals surface area contributed by atoms with Crippen LogP contribution in [0.5, 0.6) is 11.5 Å². The number of carboxylic acids is 1. The maximum Gasteiger partial charge on any atom is 0.335 e. The third-order valence-electron chi connectivity index (χ3n) is 3.95. The first-order valence-corrected chi connectivity index (χ1v) is 9.16. The van der Waals surface area contributed by atoms with E-state index >= 15 is 0 Å². The predicted octanol–water partition coefficient (Wildman–Crippen LogP) is 3.51. The SMILES string of the molecule is COc1ccccc1OCCN1C(=O)S/C(=C\c2cccc(C(=O)O)c2)C1=O. The number of thioether (sulfide) groups is 1. The molecule has 1 heterocycles. The van der Waals surface area contributed by atoms with Crippen LogP contribution in [-0.4, -0.2) is 47.4 Å². The zero-order valence-electron chi connectivity index (χ0n) is 15.0. The van der Waals surface area contributed by atoms with Gasteiger partial charge < -0.3 is 14.6 Å². The van der Waals surface area contributed by atoms with Crippen LogP contribution in [0.3, 0.4) is 0 Å². The first-order chi connectivity index (χ1) is 13.5. The van der Waals surface area contributed by atoms with Gasteiger partial charge in [0.05, 0.1) is 24.1 Å². The second kappa shape index (κ2) is 8.62. The molecule has 2 amide bonds. The topological polar surface area (TPSA) is 93.1 Å². The van der Waals surface area contributed by atoms with Crippen LogP contribution >= 0.6 is 11.8 Å². The molecule has 28 heavy (non-hydrogen) atoms. The number of aromatic carboxylic acids is 1. The number of rotatable bonds is 7. The summed E-state index contributed by atoms with van der Waals surface area (Å²) in [6.07, 6.45) is 1.51. The lowest BCUT2D eigenvalue weighted by molar-refractivity contribution is -0.123. The number of nitrogens with zero attached hydrogens (tertiary/aromatic N) is 1. The van der Waals surface area contributed by atoms with Gasteiger partial charge in [-0.2, -0.15) is 0 Å². The Morgan fingerprint density at radius 3 is 2.61 bits per heavy atom. The number of amides is 2. The number of carbonyl (C=O) groups is 3. The Balaban J connectivity index is 1.66. The standard InChI is InChI=1S/C20H17NO6S/c1-26-15-7-2-3-8-16(15)27-10-9-21-18(22)17(28-20(21)25)12-13-5-4-6-14(11-13)19(23)24/h2-8,11-12H,9-10H2,1H3,(H,23,24)/b17-12-. The number of para-hydroxylation sites is 2. The van der Waals surface area contributed by atoms with E-state index in [0.717, 1.165) is 16.7 Å². The van der Waals surface area contributed by atoms with Crippen molar-refractivity contribution in [2.45, 2.75) is 0 Å². The van der Waals surface area contributed by atoms with Crippen LogP contribution < -0.4 is 9.47 Å². The summed E-state index contributed by atoms with van der Waals surface area (Å²) in [4.78, 5) is 37.1. The van der Waals surface area contributed by atoms with E-state index in [4.69, 9.17) is 14.6 Å². The van der Waals surface area contributed by atoms with E-state index in [0.29, 0.717) is 17.1 Å². The molecular formula is C20H17NO6S. The monoisotopic (exact) mass is 399 g/mol. The second-order valence-corrected chi connectivity index (χ2v) is 6.76. The number of imide groups is 1. The van der Waals surface area contributed by atoms with E-state index < -0.39 is 17.1 Å². The predicted molar refractivity (Wildman–Crippen MR) is 105 cm³/mol. The molecule has 1 N–H and O–H groups in total. The van der Waals surface area contributed by atoms with Crippen LogP contribution in [0.4, 0.5) is 4.79 Å². The normalized spacial score (nSPS) is 15.2. The molecule has 0 spiro atoms. The van der Waals surface area contributed by atoms with Crippen LogP contribution in [0.1, 0.15) is 15.9 Å². The summed E-state index contributed by atoms with van der Waals surface area (Å²) in [6, 6.07) is 13.3. The van der Waals surface area contributed by atoms with Crippen LogP contribution in [0, 0.1) is 0 Å². The number of hydrogen-bond acceptors (Lipinski definition) is 6. The van der Waals surface area contributed by atoms with Gasteiger partial charge in [-0.05, 0) is 47.7 Å². The molecule has 144 valence electrons. The van der Waals surface area contributed by atoms with Crippen LogP contribution in [0.15, 0.2) is 53.4 Å². The molecular weight excluding hydrogens is 382 g/mol. The van der Waals surface area contributed by atoms with Crippen molar-refractivity contribution in [3.63, 3.8) is 0 Å². The Labute approximate surface area is 165 Å². The molecule has 0 saturated carbocycles. The van der Waals surface area contributed by atoms with E-state index in [2.05, 4.69) is 0 Å². The van der Waals surface area contributed by atoms with Crippen molar-refractivity contribution in [2.24, 2.45) is 0 Å². The fraction of sp³-hybridized carbons (Fsp3) is 0.150. The highest BCUT2D eigenvalue weighted by atomic mass is 32.2. The number of ether oxygens (including phenoxy) is 2. The molecule has 0 aliphatic carbocycles. The molecule has 7 nitrogen and oxygen atoms in total. The Kier molecular flexibility index (Phi) is 6.00. The van der Waals surface area contributed by atoms with Crippen molar-refractivity contribution in [2.75, 3.05) is 20.3 Å². The zero-order valence-corrected chi connectivity index (χ0v) is 15.8. The second-order valence-electron chi connectivity index (χ2n) is 5.76. The van der Waals surface area contributed by atoms with Gasteiger partial charge in [0.25, 0.3) is 11.1 Å². The lowest BCUT2D eigenvalue weighted by Gasteiger charge is -2.14. The maximum atomic E-state index is 12.5. The van der Waals surface area contributed by atoms with Crippen molar-refractivity contribution in [1.82, 2.24) is 4.90 Å². The Morgan fingerprint density at radius 1 is 1.14 bits per heavy atom. The molecule has 0 bridgehead atoms. The van der Waals surface area contributed by atoms with E-state index in [1.54, 1.807) is 30.3 Å². The molecule has 0 atom stereocenters. The van der Waals surface area contributed by atoms with Gasteiger partial charge in [-0.15, -0.1) is 0 Å². The fourth-order valence-electron chi connectivity index (χ4n) is 2.59. The Hall–Kier alpha value is -3.26. The van der Waals surface area contributed by atoms with Crippen molar-refractivity contribution in [3.8, 4) is 11.5 Å². The van der Waals surface area contributed by atoms with Crippen LogP contribution in [0.2, 0.25) is 0 Å². The largest absolute Gasteiger partial charge is 0.493 e. The number of carbonyl (C=O) groups excluding carboxylic acids is 2. The minimum Gasteiger partial charge on any atom is -0.493 e. The number of hydrogen-bond donors (Lipinski definition) is 1. The van der Waals surface area contributed by atoms with E-state index in [9.17, 15) is 14.4 Å². The van der Waals surface area contributed by atoms with Gasteiger partial charge in [0.1, 0.15) is 6.61 Å². The van der Waals surface area contributed by atoms with Crippen molar-refractivity contribution >= 4 is 35.0 Å². The third kappa shape index (κ3) is 4.34. The van der Waals surface area contributed by atoms with E-state index in [-0.39, 0.29) is 23.6 Å². The van der Waals surface area contributed by atoms with Gasteiger partial charge in [-0.3, -0.25) is 14.5 Å². The van der Waals surface area contributed by atoms with Crippen molar-refractivity contribution in [3.05, 3.63) is 64.6 Å². The lowest BCUT2D eigenvalue weighted by atomic mass is 10.1. The Morgan fingerprint density at radius 2 is 1.89 bits per heavy atom. The van der Waals surface area contributed by atoms with E-state index in [1.165, 1.54) is 25.3 Å². The minimum atomic E-state index is -1.06. The summed E-state index contributed by atoms with van der Waals surface area (Å²) in [5, 5.41) is 8.66. The highest BCUT2D eigenvalue weighted by Crippen LogP contribution is 2.32. The molecule has 2 aromatic carbocycles. The molecule has 1 fully saturated rings. The fourth-order valence-corrected chi connectivity index (χ4v) is 3.46. The van der Waals surface area contributed by atoms with Crippen molar-refractivity contribution in [1.29, 1.82) is 0 Å². The molecule has 8 heteroatoms. The average Bonchev–Trinajstić information content (AvgIpc) is 2.95. The van der Waals surface area contributed by atoms with Gasteiger partial charge in [0.15, 0.2) is 11.5 Å². The minimum absolute atomic E-state index is 0.0925. The molecule has 2 aromatic rings. The summed E-state index contributed by atoms with van der Waals surface area (Å²) in [7, 11) is 1.53. The van der Waals surface area contributed by atoms with Gasteiger partial charge in [-0.1, -0.05) is 24.3 Å². The molecule has 0 aromatic heterocycles. The molecule has 0 unspecified atom stereocenters. The molecule has 3 rings (SSSR count). The zero-order chi connectivity index (χ0) is 20.1. The van der Waals surface area contributed by atoms with Crippen molar-refractivity contribution < 1.29 is 29.0 Å². The average molecular weight is 399 g/mol. The molecule has 1 aliphatic heterocycles. The maximum absolute atomic E-state index is 12.5. The smallest absolute Gasteiger partial charge is 0.335 e. The lowest BCUT2D eigenvalue weighted by Crippen LogP contribution is -2.32. The summed E-state index contributed by atoms with van der Waals surface area (Å²) < 4.78 is 10.8. The van der Waals surface area contributed by atoms with Gasteiger partial charge >= 0.3 is 5.97 Å². The third-order valence-corrected chi connectivity index (χ3v) is 4.85. The number of carboxylic acid groups (broad SMARTS) is 1. The quantitative estimate of drug-likeness (QED) is 0.712. The number of methoxy groups -OCH3 is 1. The summed E-state index contributed by atoms with van der Waals surface area (Å²) >= 11 is 0.816. The van der Waals surface area contributed by atoms with Gasteiger partial charge in [0, 0.05) is 0 Å². The summed E-state index contributed by atoms with van der Waals surface area (Å²) in [5.74, 6) is -0.399. The summed E-state index contributed by atoms with van der Waals surface area (Å²) in [6.45, 7) is 0.218. The van der Waals surface area contributed by atoms with Gasteiger partial charge in [0.2, 0.25) is 0 Å². The van der Waals surface area contributed by atoms with Gasteiger partial charge in [-0.25, -0.2) is 4.79 Å².